The van der Waals surface area contributed by atoms with Gasteiger partial charge in [0.15, 0.2) is 7.83 Å². The lowest BCUT2D eigenvalue weighted by Crippen LogP contribution is -2.61. The van der Waals surface area contributed by atoms with Crippen molar-refractivity contribution in [2.24, 2.45) is 0 Å². The smallest absolute Gasteiger partial charge is 0.305 e. The van der Waals surface area contributed by atoms with Crippen molar-refractivity contribution in [3.8, 4) is 0 Å². The predicted molar refractivity (Wildman–Crippen MR) is 61.5 cm³/mol. The Morgan fingerprint density at radius 2 is 2.00 bits per heavy atom. The Morgan fingerprint density at radius 3 is 2.43 bits per heavy atom. The van der Waals surface area contributed by atoms with E-state index in [2.05, 4.69) is 26.2 Å². The van der Waals surface area contributed by atoms with Crippen molar-refractivity contribution in [1.82, 2.24) is 0 Å². The quantitative estimate of drug-likeness (QED) is 0.743. The maximum atomic E-state index is 10.6. The molecule has 1 fully saturated rings. The van der Waals surface area contributed by atoms with E-state index in [0.717, 1.165) is 6.42 Å². The molecule has 1 aliphatic rings. The minimum Gasteiger partial charge on any atom is -0.481 e. The number of rotatable bonds is 2. The Balaban J connectivity index is 2.63. The zero-order valence-electron chi connectivity index (χ0n) is 9.46. The molecule has 0 aromatic carbocycles. The molecule has 0 bridgehead atoms. The van der Waals surface area contributed by atoms with Gasteiger partial charge >= 0.3 is 5.97 Å². The number of carboxylic acid groups (broad SMARTS) is 1. The van der Waals surface area contributed by atoms with Crippen LogP contribution < -0.4 is 0 Å². The van der Waals surface area contributed by atoms with E-state index in [1.807, 2.05) is 0 Å². The monoisotopic (exact) mass is 232 g/mol. The van der Waals surface area contributed by atoms with E-state index in [9.17, 15) is 4.79 Å². The summed E-state index contributed by atoms with van der Waals surface area (Å²) in [4.78, 5) is 10.6. The van der Waals surface area contributed by atoms with Gasteiger partial charge in [0.1, 0.15) is 0 Å². The fraction of sp³-hybridized carbons (Fsp3) is 0.889. The van der Waals surface area contributed by atoms with E-state index in [4.69, 9.17) is 9.53 Å². The lowest BCUT2D eigenvalue weighted by atomic mass is 10.2. The summed E-state index contributed by atoms with van der Waals surface area (Å²) < 4.78 is 6.02. The van der Waals surface area contributed by atoms with E-state index >= 15 is 0 Å². The molecule has 0 saturated carbocycles. The van der Waals surface area contributed by atoms with Crippen molar-refractivity contribution in [3.63, 3.8) is 0 Å². The van der Waals surface area contributed by atoms with E-state index in [1.165, 1.54) is 6.04 Å². The third-order valence-electron chi connectivity index (χ3n) is 3.58. The fourth-order valence-corrected chi connectivity index (χ4v) is 8.49. The summed E-state index contributed by atoms with van der Waals surface area (Å²) in [6.45, 7) is 9.23. The van der Waals surface area contributed by atoms with Crippen molar-refractivity contribution in [3.05, 3.63) is 0 Å². The van der Waals surface area contributed by atoms with E-state index < -0.39 is 21.4 Å². The van der Waals surface area contributed by atoms with Gasteiger partial charge in [-0.3, -0.25) is 4.79 Å². The fourth-order valence-electron chi connectivity index (χ4n) is 1.80. The second-order valence-electron chi connectivity index (χ2n) is 5.27. The summed E-state index contributed by atoms with van der Waals surface area (Å²) in [7, 11) is -2.76. The molecule has 1 atom stereocenters. The molecule has 0 aliphatic carbocycles. The lowest BCUT2D eigenvalue weighted by Gasteiger charge is -2.45. The Bertz CT molecular complexity index is 238. The zero-order chi connectivity index (χ0) is 11.0. The van der Waals surface area contributed by atoms with Gasteiger partial charge in [-0.05, 0) is 19.5 Å². The minimum absolute atomic E-state index is 0.0188. The number of aliphatic carboxylic acids is 1. The first-order chi connectivity index (χ1) is 6.24. The maximum absolute atomic E-state index is 10.6. The molecule has 0 amide bonds. The largest absolute Gasteiger partial charge is 0.481 e. The topological polar surface area (TPSA) is 46.5 Å². The molecule has 1 aliphatic heterocycles. The average molecular weight is 232 g/mol. The van der Waals surface area contributed by atoms with Gasteiger partial charge in [0.2, 0.25) is 0 Å². The molecular formula is C9H20O3Si2. The second kappa shape index (κ2) is 3.79. The Kier molecular flexibility index (Phi) is 3.23. The highest BCUT2D eigenvalue weighted by Crippen LogP contribution is 2.34. The summed E-state index contributed by atoms with van der Waals surface area (Å²) >= 11 is 0. The first-order valence-corrected chi connectivity index (χ1v) is 12.3. The molecule has 0 radical (unpaired) electrons. The average Bonchev–Trinajstić information content (AvgIpc) is 1.96. The third-order valence-corrected chi connectivity index (χ3v) is 20.2. The number of carboxylic acids is 1. The molecule has 14 heavy (non-hydrogen) atoms. The van der Waals surface area contributed by atoms with Crippen LogP contribution in [-0.2, 0) is 9.22 Å². The van der Waals surface area contributed by atoms with E-state index in [0.29, 0.717) is 0 Å². The van der Waals surface area contributed by atoms with Crippen molar-refractivity contribution >= 4 is 21.4 Å². The number of hydrogen-bond donors (Lipinski definition) is 1. The Hall–Kier alpha value is -0.136. The van der Waals surface area contributed by atoms with Crippen LogP contribution in [0.5, 0.6) is 0 Å². The van der Waals surface area contributed by atoms with Crippen LogP contribution in [0, 0.1) is 0 Å². The number of carbonyl (C=O) groups is 1. The van der Waals surface area contributed by atoms with Crippen molar-refractivity contribution < 1.29 is 14.3 Å². The van der Waals surface area contributed by atoms with Gasteiger partial charge in [-0.1, -0.05) is 19.1 Å². The number of hydrogen-bond acceptors (Lipinski definition) is 2. The normalized spacial score (nSPS) is 29.9. The third kappa shape index (κ3) is 2.46. The highest BCUT2D eigenvalue weighted by atomic mass is 29.3. The summed E-state index contributed by atoms with van der Waals surface area (Å²) in [6.07, 6.45) is 1.11. The maximum Gasteiger partial charge on any atom is 0.305 e. The summed E-state index contributed by atoms with van der Waals surface area (Å²) in [5.41, 5.74) is 0. The van der Waals surface area contributed by atoms with Crippen LogP contribution in [0.4, 0.5) is 0 Å². The van der Waals surface area contributed by atoms with Gasteiger partial charge in [0, 0.05) is 0 Å². The van der Waals surface area contributed by atoms with Crippen molar-refractivity contribution in [1.29, 1.82) is 0 Å². The summed E-state index contributed by atoms with van der Waals surface area (Å²) in [5, 5.41) is 8.71. The molecule has 0 spiro atoms. The van der Waals surface area contributed by atoms with Crippen molar-refractivity contribution in [2.75, 3.05) is 0 Å². The molecule has 5 heteroatoms. The van der Waals surface area contributed by atoms with Gasteiger partial charge in [0.05, 0.1) is 20.1 Å². The van der Waals surface area contributed by atoms with Crippen molar-refractivity contribution in [2.45, 2.75) is 51.2 Å². The highest BCUT2D eigenvalue weighted by Gasteiger charge is 2.47. The zero-order valence-corrected chi connectivity index (χ0v) is 11.5. The van der Waals surface area contributed by atoms with E-state index in [1.54, 1.807) is 0 Å². The van der Waals surface area contributed by atoms with Crippen LogP contribution in [0.15, 0.2) is 0 Å². The SMILES string of the molecule is C[Si]1(C)CCC(CC(=O)O)O[Si]1(C)C. The molecule has 82 valence electrons. The van der Waals surface area contributed by atoms with Gasteiger partial charge in [-0.25, -0.2) is 0 Å². The molecule has 0 aromatic rings. The summed E-state index contributed by atoms with van der Waals surface area (Å²) in [6, 6.07) is 1.23. The predicted octanol–water partition coefficient (Wildman–Crippen LogP) is 2.24. The second-order valence-corrected chi connectivity index (χ2v) is 20.5. The van der Waals surface area contributed by atoms with Gasteiger partial charge in [0.25, 0.3) is 0 Å². The lowest BCUT2D eigenvalue weighted by molar-refractivity contribution is -0.138. The first-order valence-electron chi connectivity index (χ1n) is 5.14. The van der Waals surface area contributed by atoms with Gasteiger partial charge < -0.3 is 9.53 Å². The van der Waals surface area contributed by atoms with Crippen LogP contribution >= 0.6 is 0 Å². The molecule has 1 unspecified atom stereocenters. The minimum atomic E-state index is -1.57. The molecule has 3 nitrogen and oxygen atoms in total. The van der Waals surface area contributed by atoms with Crippen LogP contribution in [0.3, 0.4) is 0 Å². The highest BCUT2D eigenvalue weighted by molar-refractivity contribution is 7.38. The van der Waals surface area contributed by atoms with Crippen LogP contribution in [0.25, 0.3) is 0 Å². The first kappa shape index (κ1) is 11.9. The van der Waals surface area contributed by atoms with Gasteiger partial charge in [-0.2, -0.15) is 0 Å². The van der Waals surface area contributed by atoms with E-state index in [-0.39, 0.29) is 12.5 Å². The van der Waals surface area contributed by atoms with Gasteiger partial charge in [-0.15, -0.1) is 0 Å². The Labute approximate surface area is 87.4 Å². The standard InChI is InChI=1S/C9H20O3Si2/c1-13(2)6-5-8(7-9(10)11)12-14(13,3)4/h8H,5-7H2,1-4H3,(H,10,11). The molecule has 1 rings (SSSR count). The Morgan fingerprint density at radius 1 is 1.43 bits per heavy atom. The van der Waals surface area contributed by atoms with Crippen LogP contribution in [0.1, 0.15) is 12.8 Å². The summed E-state index contributed by atoms with van der Waals surface area (Å²) in [5.74, 6) is -0.735. The van der Waals surface area contributed by atoms with Crippen LogP contribution in [-0.4, -0.2) is 32.6 Å². The molecule has 1 heterocycles. The molecule has 1 saturated heterocycles. The molecular weight excluding hydrogens is 212 g/mol. The molecule has 0 aromatic heterocycles. The molecule has 1 N–H and O–H groups in total. The van der Waals surface area contributed by atoms with Crippen LogP contribution in [0.2, 0.25) is 32.2 Å².